The molecule has 0 saturated carbocycles. The van der Waals surface area contributed by atoms with E-state index in [0.29, 0.717) is 26.4 Å². The molecule has 0 spiro atoms. The van der Waals surface area contributed by atoms with Crippen LogP contribution in [-0.4, -0.2) is 44.9 Å². The highest BCUT2D eigenvalue weighted by Gasteiger charge is 2.37. The number of pyridine rings is 1. The van der Waals surface area contributed by atoms with Crippen molar-refractivity contribution in [2.45, 2.75) is 5.51 Å². The van der Waals surface area contributed by atoms with E-state index in [1.165, 1.54) is 0 Å². The second-order valence-electron chi connectivity index (χ2n) is 7.48. The SMILES string of the molecule is C[n+]1c(/C=C/c2scc3c2OCCO3)cccc1/C=C/c1scc2c1OCCO2.O=S(=O)([O-])C(F)(F)F. The molecule has 2 aliphatic rings. The van der Waals surface area contributed by atoms with Gasteiger partial charge < -0.3 is 23.5 Å². The Bertz CT molecular complexity index is 1340. The molecule has 8 nitrogen and oxygen atoms in total. The Morgan fingerprint density at radius 2 is 1.24 bits per heavy atom. The van der Waals surface area contributed by atoms with E-state index < -0.39 is 15.6 Å². The average Bonchev–Trinajstić information content (AvgIpc) is 3.46. The maximum atomic E-state index is 10.7. The van der Waals surface area contributed by atoms with Crippen molar-refractivity contribution in [2.75, 3.05) is 26.4 Å². The molecule has 37 heavy (non-hydrogen) atoms. The quantitative estimate of drug-likeness (QED) is 0.255. The summed E-state index contributed by atoms with van der Waals surface area (Å²) in [5, 5.41) is 4.00. The standard InChI is InChI=1S/C22H20NO4S2.CHF3O3S/c1-23-15(5-7-19-21-17(13-28-19)24-9-11-26-21)3-2-4-16(23)6-8-20-22-18(14-29-20)25-10-12-27-22;2-1(3,4)8(5,6)7/h2-8,13-14H,9-12H2,1H3;(H,5,6,7)/q+1;/p-1/b7-5+,8-6+;. The van der Waals surface area contributed by atoms with Gasteiger partial charge in [0.2, 0.25) is 11.4 Å². The van der Waals surface area contributed by atoms with Crippen molar-refractivity contribution in [2.24, 2.45) is 7.05 Å². The normalized spacial score (nSPS) is 15.1. The fourth-order valence-corrected chi connectivity index (χ4v) is 4.91. The second-order valence-corrected chi connectivity index (χ2v) is 10.7. The smallest absolute Gasteiger partial charge is 0.485 e. The van der Waals surface area contributed by atoms with Crippen LogP contribution in [0.2, 0.25) is 0 Å². The molecule has 0 fully saturated rings. The van der Waals surface area contributed by atoms with E-state index in [-0.39, 0.29) is 0 Å². The van der Waals surface area contributed by atoms with Crippen LogP contribution in [0.1, 0.15) is 21.1 Å². The van der Waals surface area contributed by atoms with E-state index in [9.17, 15) is 13.2 Å². The lowest BCUT2D eigenvalue weighted by molar-refractivity contribution is -0.675. The van der Waals surface area contributed by atoms with Crippen LogP contribution < -0.4 is 23.5 Å². The number of halogens is 3. The van der Waals surface area contributed by atoms with E-state index >= 15 is 0 Å². The summed E-state index contributed by atoms with van der Waals surface area (Å²) >= 11 is 3.26. The van der Waals surface area contributed by atoms with Crippen LogP contribution in [0.4, 0.5) is 13.2 Å². The van der Waals surface area contributed by atoms with Gasteiger partial charge in [-0.3, -0.25) is 0 Å². The van der Waals surface area contributed by atoms with Crippen molar-refractivity contribution in [1.29, 1.82) is 0 Å². The summed E-state index contributed by atoms with van der Waals surface area (Å²) in [6.45, 7) is 2.42. The summed E-state index contributed by atoms with van der Waals surface area (Å²) in [4.78, 5) is 2.14. The summed E-state index contributed by atoms with van der Waals surface area (Å²) in [6, 6.07) is 6.25. The summed E-state index contributed by atoms with van der Waals surface area (Å²) in [5.74, 6) is 3.38. The van der Waals surface area contributed by atoms with Gasteiger partial charge in [-0.05, 0) is 18.2 Å². The van der Waals surface area contributed by atoms with Gasteiger partial charge in [-0.2, -0.15) is 17.7 Å². The lowest BCUT2D eigenvalue weighted by Crippen LogP contribution is -2.35. The topological polar surface area (TPSA) is 98.0 Å². The highest BCUT2D eigenvalue weighted by Crippen LogP contribution is 2.41. The molecule has 0 unspecified atom stereocenters. The Morgan fingerprint density at radius 1 is 0.838 bits per heavy atom. The molecule has 5 heterocycles. The van der Waals surface area contributed by atoms with E-state index in [1.54, 1.807) is 22.7 Å². The Labute approximate surface area is 218 Å². The van der Waals surface area contributed by atoms with E-state index in [2.05, 4.69) is 54.1 Å². The van der Waals surface area contributed by atoms with E-state index in [1.807, 2.05) is 10.8 Å². The fourth-order valence-electron chi connectivity index (χ4n) is 3.27. The van der Waals surface area contributed by atoms with Gasteiger partial charge in [0, 0.05) is 35.0 Å². The monoisotopic (exact) mass is 575 g/mol. The summed E-state index contributed by atoms with van der Waals surface area (Å²) in [7, 11) is -4.03. The predicted octanol–water partition coefficient (Wildman–Crippen LogP) is 4.57. The van der Waals surface area contributed by atoms with Gasteiger partial charge in [0.1, 0.15) is 33.5 Å². The maximum Gasteiger partial charge on any atom is 0.485 e. The molecule has 5 rings (SSSR count). The number of hydrogen-bond acceptors (Lipinski definition) is 9. The summed E-state index contributed by atoms with van der Waals surface area (Å²) in [6.07, 6.45) is 8.38. The van der Waals surface area contributed by atoms with Gasteiger partial charge in [-0.25, -0.2) is 8.42 Å². The number of alkyl halides is 3. The zero-order chi connectivity index (χ0) is 26.6. The first-order valence-corrected chi connectivity index (χ1v) is 13.8. The van der Waals surface area contributed by atoms with Gasteiger partial charge >= 0.3 is 5.51 Å². The van der Waals surface area contributed by atoms with Crippen molar-refractivity contribution in [3.8, 4) is 23.0 Å². The minimum Gasteiger partial charge on any atom is -0.741 e. The molecule has 0 saturated heterocycles. The van der Waals surface area contributed by atoms with Gasteiger partial charge in [0.15, 0.2) is 33.1 Å². The Kier molecular flexibility index (Phi) is 8.11. The molecule has 0 radical (unpaired) electrons. The molecule has 0 atom stereocenters. The third-order valence-corrected chi connectivity index (χ3v) is 7.44. The Morgan fingerprint density at radius 3 is 1.65 bits per heavy atom. The molecule has 0 bridgehead atoms. The van der Waals surface area contributed by atoms with Crippen LogP contribution in [0.15, 0.2) is 29.0 Å². The molecule has 3 aromatic rings. The highest BCUT2D eigenvalue weighted by molar-refractivity contribution is 7.86. The van der Waals surface area contributed by atoms with Crippen LogP contribution in [0.5, 0.6) is 23.0 Å². The van der Waals surface area contributed by atoms with Gasteiger partial charge in [0.05, 0.1) is 9.75 Å². The molecular formula is C23H20F3NO7S3. The zero-order valence-electron chi connectivity index (χ0n) is 19.2. The van der Waals surface area contributed by atoms with Gasteiger partial charge in [0.25, 0.3) is 0 Å². The first kappa shape index (κ1) is 27.0. The molecule has 3 aromatic heterocycles. The lowest BCUT2D eigenvalue weighted by atomic mass is 10.2. The zero-order valence-corrected chi connectivity index (χ0v) is 21.6. The molecule has 0 aliphatic carbocycles. The van der Waals surface area contributed by atoms with Crippen LogP contribution in [0.3, 0.4) is 0 Å². The number of hydrogen-bond donors (Lipinski definition) is 0. The van der Waals surface area contributed by atoms with Crippen LogP contribution in [-0.2, 0) is 17.2 Å². The third-order valence-electron chi connectivity index (χ3n) is 5.06. The third kappa shape index (κ3) is 6.44. The van der Waals surface area contributed by atoms with Gasteiger partial charge in [-0.15, -0.1) is 22.7 Å². The number of thiophene rings is 2. The van der Waals surface area contributed by atoms with Crippen molar-refractivity contribution in [3.05, 3.63) is 50.1 Å². The maximum absolute atomic E-state index is 10.7. The fraction of sp³-hybridized carbons (Fsp3) is 0.261. The van der Waals surface area contributed by atoms with E-state index in [4.69, 9.17) is 31.9 Å². The van der Waals surface area contributed by atoms with Crippen molar-refractivity contribution < 1.29 is 49.7 Å². The number of ether oxygens (including phenoxy) is 4. The molecule has 0 aromatic carbocycles. The van der Waals surface area contributed by atoms with Gasteiger partial charge in [-0.1, -0.05) is 0 Å². The number of nitrogens with zero attached hydrogens (tertiary/aromatic N) is 1. The molecule has 0 amide bonds. The van der Waals surface area contributed by atoms with Crippen molar-refractivity contribution >= 4 is 57.1 Å². The Hall–Kier alpha value is -3.07. The number of aromatic nitrogens is 1. The predicted molar refractivity (Wildman–Crippen MR) is 132 cm³/mol. The lowest BCUT2D eigenvalue weighted by Gasteiger charge is -2.15. The second kappa shape index (κ2) is 11.1. The molecule has 198 valence electrons. The summed E-state index contributed by atoms with van der Waals surface area (Å²) in [5.41, 5.74) is -3.45. The van der Waals surface area contributed by atoms with Crippen molar-refractivity contribution in [1.82, 2.24) is 0 Å². The molecule has 0 N–H and O–H groups in total. The molecule has 2 aliphatic heterocycles. The van der Waals surface area contributed by atoms with E-state index in [0.717, 1.165) is 44.1 Å². The van der Waals surface area contributed by atoms with Crippen LogP contribution in [0, 0.1) is 0 Å². The first-order valence-electron chi connectivity index (χ1n) is 10.7. The molecule has 14 heteroatoms. The van der Waals surface area contributed by atoms with Crippen LogP contribution >= 0.6 is 22.7 Å². The Balaban J connectivity index is 0.000000349. The van der Waals surface area contributed by atoms with Crippen LogP contribution in [0.25, 0.3) is 24.3 Å². The largest absolute Gasteiger partial charge is 0.741 e. The minimum absolute atomic E-state index is 0.597. The highest BCUT2D eigenvalue weighted by atomic mass is 32.2. The average molecular weight is 576 g/mol. The minimum atomic E-state index is -6.09. The molecular weight excluding hydrogens is 555 g/mol. The summed E-state index contributed by atoms with van der Waals surface area (Å²) < 4.78 is 83.8. The first-order chi connectivity index (χ1) is 17.5. The number of rotatable bonds is 4. The van der Waals surface area contributed by atoms with Crippen molar-refractivity contribution in [3.63, 3.8) is 0 Å². The number of fused-ring (bicyclic) bond motifs is 2.